The second-order valence-electron chi connectivity index (χ2n) is 8.70. The number of amides is 1. The van der Waals surface area contributed by atoms with Gasteiger partial charge in [0.15, 0.2) is 0 Å². The molecule has 4 heteroatoms. The van der Waals surface area contributed by atoms with Crippen LogP contribution in [-0.2, 0) is 13.1 Å². The molecule has 1 saturated heterocycles. The Kier molecular flexibility index (Phi) is 8.06. The van der Waals surface area contributed by atoms with Gasteiger partial charge in [-0.25, -0.2) is 0 Å². The van der Waals surface area contributed by atoms with E-state index in [0.29, 0.717) is 6.04 Å². The van der Waals surface area contributed by atoms with E-state index in [4.69, 9.17) is 0 Å². The van der Waals surface area contributed by atoms with Crippen LogP contribution in [0, 0.1) is 6.92 Å². The third-order valence-electron chi connectivity index (χ3n) is 6.25. The highest BCUT2D eigenvalue weighted by molar-refractivity contribution is 5.94. The predicted octanol–water partition coefficient (Wildman–Crippen LogP) is 4.57. The SMILES string of the molecule is CCN(Cc1ccc(C(=O)N2CCCN(Cc3ccccc3C)CC2)cc1)C(C)C. The van der Waals surface area contributed by atoms with Gasteiger partial charge in [-0.05, 0) is 62.6 Å². The second-order valence-corrected chi connectivity index (χ2v) is 8.70. The van der Waals surface area contributed by atoms with E-state index in [9.17, 15) is 4.79 Å². The van der Waals surface area contributed by atoms with Gasteiger partial charge in [-0.15, -0.1) is 0 Å². The highest BCUT2D eigenvalue weighted by Crippen LogP contribution is 2.15. The Morgan fingerprint density at radius 2 is 1.73 bits per heavy atom. The van der Waals surface area contributed by atoms with Crippen LogP contribution in [0.2, 0.25) is 0 Å². The Balaban J connectivity index is 1.57. The number of nitrogens with zero attached hydrogens (tertiary/aromatic N) is 3. The highest BCUT2D eigenvalue weighted by atomic mass is 16.2. The van der Waals surface area contributed by atoms with Gasteiger partial charge in [-0.1, -0.05) is 43.3 Å². The molecule has 30 heavy (non-hydrogen) atoms. The van der Waals surface area contributed by atoms with E-state index in [-0.39, 0.29) is 5.91 Å². The minimum atomic E-state index is 0.162. The van der Waals surface area contributed by atoms with E-state index < -0.39 is 0 Å². The molecule has 0 radical (unpaired) electrons. The molecule has 0 spiro atoms. The number of carbonyl (C=O) groups excluding carboxylic acids is 1. The van der Waals surface area contributed by atoms with Crippen molar-refractivity contribution in [2.45, 2.75) is 53.2 Å². The zero-order chi connectivity index (χ0) is 21.5. The summed E-state index contributed by atoms with van der Waals surface area (Å²) in [6, 6.07) is 17.3. The molecular weight excluding hydrogens is 370 g/mol. The maximum Gasteiger partial charge on any atom is 0.253 e. The third kappa shape index (κ3) is 5.93. The molecule has 0 N–H and O–H groups in total. The lowest BCUT2D eigenvalue weighted by molar-refractivity contribution is 0.0761. The molecule has 1 aliphatic rings. The molecule has 0 saturated carbocycles. The van der Waals surface area contributed by atoms with Crippen molar-refractivity contribution in [2.24, 2.45) is 0 Å². The van der Waals surface area contributed by atoms with Crippen LogP contribution >= 0.6 is 0 Å². The van der Waals surface area contributed by atoms with Gasteiger partial charge >= 0.3 is 0 Å². The molecule has 1 fully saturated rings. The first-order valence-corrected chi connectivity index (χ1v) is 11.4. The number of rotatable bonds is 7. The molecule has 1 aliphatic heterocycles. The van der Waals surface area contributed by atoms with Crippen molar-refractivity contribution < 1.29 is 4.79 Å². The summed E-state index contributed by atoms with van der Waals surface area (Å²) in [7, 11) is 0. The van der Waals surface area contributed by atoms with E-state index in [0.717, 1.165) is 57.8 Å². The Hall–Kier alpha value is -2.17. The minimum Gasteiger partial charge on any atom is -0.337 e. The van der Waals surface area contributed by atoms with Crippen molar-refractivity contribution in [1.29, 1.82) is 0 Å². The maximum absolute atomic E-state index is 13.1. The fraction of sp³-hybridized carbons (Fsp3) is 0.500. The molecule has 0 aromatic heterocycles. The molecular formula is C26H37N3O. The fourth-order valence-electron chi connectivity index (χ4n) is 4.19. The summed E-state index contributed by atoms with van der Waals surface area (Å²) < 4.78 is 0. The van der Waals surface area contributed by atoms with Gasteiger partial charge in [0, 0.05) is 50.9 Å². The van der Waals surface area contributed by atoms with Gasteiger partial charge < -0.3 is 4.90 Å². The number of aryl methyl sites for hydroxylation is 1. The minimum absolute atomic E-state index is 0.162. The standard InChI is InChI=1S/C26H37N3O/c1-5-28(21(2)3)19-23-11-13-24(14-12-23)26(30)29-16-8-15-27(17-18-29)20-25-10-7-6-9-22(25)4/h6-7,9-14,21H,5,8,15-20H2,1-4H3. The average molecular weight is 408 g/mol. The van der Waals surface area contributed by atoms with Crippen molar-refractivity contribution >= 4 is 5.91 Å². The van der Waals surface area contributed by atoms with E-state index in [2.05, 4.69) is 73.9 Å². The van der Waals surface area contributed by atoms with Crippen LogP contribution in [-0.4, -0.2) is 59.4 Å². The third-order valence-corrected chi connectivity index (χ3v) is 6.25. The lowest BCUT2D eigenvalue weighted by atomic mass is 10.1. The Morgan fingerprint density at radius 3 is 2.40 bits per heavy atom. The zero-order valence-corrected chi connectivity index (χ0v) is 19.1. The average Bonchev–Trinajstić information content (AvgIpc) is 2.99. The van der Waals surface area contributed by atoms with E-state index >= 15 is 0 Å². The molecule has 0 bridgehead atoms. The Bertz CT molecular complexity index is 815. The van der Waals surface area contributed by atoms with Crippen LogP contribution in [0.4, 0.5) is 0 Å². The van der Waals surface area contributed by atoms with Crippen LogP contribution in [0.3, 0.4) is 0 Å². The molecule has 2 aromatic rings. The van der Waals surface area contributed by atoms with Crippen molar-refractivity contribution in [3.8, 4) is 0 Å². The highest BCUT2D eigenvalue weighted by Gasteiger charge is 2.21. The largest absolute Gasteiger partial charge is 0.337 e. The number of hydrogen-bond donors (Lipinski definition) is 0. The van der Waals surface area contributed by atoms with Crippen molar-refractivity contribution in [1.82, 2.24) is 14.7 Å². The van der Waals surface area contributed by atoms with E-state index in [1.54, 1.807) is 0 Å². The first kappa shape index (κ1) is 22.5. The lowest BCUT2D eigenvalue weighted by Gasteiger charge is -2.25. The van der Waals surface area contributed by atoms with Crippen molar-refractivity contribution in [3.63, 3.8) is 0 Å². The van der Waals surface area contributed by atoms with Crippen LogP contribution in [0.15, 0.2) is 48.5 Å². The molecule has 1 amide bonds. The number of benzene rings is 2. The molecule has 4 nitrogen and oxygen atoms in total. The molecule has 162 valence electrons. The smallest absolute Gasteiger partial charge is 0.253 e. The van der Waals surface area contributed by atoms with Gasteiger partial charge in [-0.3, -0.25) is 14.6 Å². The summed E-state index contributed by atoms with van der Waals surface area (Å²) in [4.78, 5) is 20.0. The van der Waals surface area contributed by atoms with Crippen LogP contribution in [0.25, 0.3) is 0 Å². The van der Waals surface area contributed by atoms with E-state index in [1.165, 1.54) is 16.7 Å². The van der Waals surface area contributed by atoms with Crippen LogP contribution in [0.1, 0.15) is 54.2 Å². The first-order valence-electron chi connectivity index (χ1n) is 11.4. The normalized spacial score (nSPS) is 15.6. The van der Waals surface area contributed by atoms with Crippen molar-refractivity contribution in [2.75, 3.05) is 32.7 Å². The predicted molar refractivity (Wildman–Crippen MR) is 125 cm³/mol. The molecule has 2 aromatic carbocycles. The molecule has 0 unspecified atom stereocenters. The zero-order valence-electron chi connectivity index (χ0n) is 19.1. The summed E-state index contributed by atoms with van der Waals surface area (Å²) in [5.41, 5.74) is 4.80. The van der Waals surface area contributed by atoms with Crippen LogP contribution < -0.4 is 0 Å². The second kappa shape index (κ2) is 10.7. The first-order chi connectivity index (χ1) is 14.5. The van der Waals surface area contributed by atoms with Gasteiger partial charge in [-0.2, -0.15) is 0 Å². The van der Waals surface area contributed by atoms with Gasteiger partial charge in [0.1, 0.15) is 0 Å². The van der Waals surface area contributed by atoms with Crippen LogP contribution in [0.5, 0.6) is 0 Å². The molecule has 0 atom stereocenters. The van der Waals surface area contributed by atoms with Crippen molar-refractivity contribution in [3.05, 3.63) is 70.8 Å². The maximum atomic E-state index is 13.1. The van der Waals surface area contributed by atoms with Gasteiger partial charge in [0.25, 0.3) is 5.91 Å². The summed E-state index contributed by atoms with van der Waals surface area (Å²) >= 11 is 0. The molecule has 0 aliphatic carbocycles. The molecule has 1 heterocycles. The topological polar surface area (TPSA) is 26.8 Å². The summed E-state index contributed by atoms with van der Waals surface area (Å²) in [6.45, 7) is 15.3. The summed E-state index contributed by atoms with van der Waals surface area (Å²) in [5, 5.41) is 0. The Labute approximate surface area is 182 Å². The summed E-state index contributed by atoms with van der Waals surface area (Å²) in [6.07, 6.45) is 1.02. The lowest BCUT2D eigenvalue weighted by Crippen LogP contribution is -2.35. The van der Waals surface area contributed by atoms with E-state index in [1.807, 2.05) is 17.0 Å². The van der Waals surface area contributed by atoms with Gasteiger partial charge in [0.2, 0.25) is 0 Å². The Morgan fingerprint density at radius 1 is 1.00 bits per heavy atom. The number of carbonyl (C=O) groups is 1. The van der Waals surface area contributed by atoms with Gasteiger partial charge in [0.05, 0.1) is 0 Å². The molecule has 3 rings (SSSR count). The fourth-order valence-corrected chi connectivity index (χ4v) is 4.19. The monoisotopic (exact) mass is 407 g/mol. The quantitative estimate of drug-likeness (QED) is 0.672. The number of hydrogen-bond acceptors (Lipinski definition) is 3. The summed E-state index contributed by atoms with van der Waals surface area (Å²) in [5.74, 6) is 0.162.